The molecule has 0 aliphatic heterocycles. The molecule has 108 valence electrons. The van der Waals surface area contributed by atoms with E-state index in [-0.39, 0.29) is 0 Å². The van der Waals surface area contributed by atoms with E-state index in [4.69, 9.17) is 9.47 Å². The van der Waals surface area contributed by atoms with Gasteiger partial charge in [-0.25, -0.2) is 0 Å². The zero-order chi connectivity index (χ0) is 14.7. The topological polar surface area (TPSA) is 35.4 Å². The highest BCUT2D eigenvalue weighted by molar-refractivity contribution is 5.54. The predicted octanol–water partition coefficient (Wildman–Crippen LogP) is 3.27. The lowest BCUT2D eigenvalue weighted by Gasteiger charge is -2.11. The highest BCUT2D eigenvalue weighted by Crippen LogP contribution is 2.26. The largest absolute Gasteiger partial charge is 0.497 e. The summed E-state index contributed by atoms with van der Waals surface area (Å²) in [6.07, 6.45) is 0. The van der Waals surface area contributed by atoms with Gasteiger partial charge in [0.05, 0.1) is 14.2 Å². The molecule has 0 saturated carbocycles. The number of nitrogens with zero attached hydrogens (tertiary/aromatic N) is 1. The lowest BCUT2D eigenvalue weighted by molar-refractivity contribution is 0.394. The van der Waals surface area contributed by atoms with Gasteiger partial charge in [-0.3, -0.25) is 0 Å². The number of rotatable bonds is 5. The monoisotopic (exact) mass is 274 g/mol. The van der Waals surface area contributed by atoms with Crippen molar-refractivity contribution in [2.45, 2.75) is 20.4 Å². The molecule has 2 rings (SSSR count). The van der Waals surface area contributed by atoms with E-state index in [0.29, 0.717) is 0 Å². The Morgan fingerprint density at radius 2 is 1.60 bits per heavy atom. The molecule has 1 aromatic heterocycles. The number of aromatic nitrogens is 1. The molecule has 4 heteroatoms. The number of anilines is 1. The third kappa shape index (κ3) is 2.90. The third-order valence-corrected chi connectivity index (χ3v) is 3.71. The van der Waals surface area contributed by atoms with Crippen molar-refractivity contribution in [3.8, 4) is 11.5 Å². The summed E-state index contributed by atoms with van der Waals surface area (Å²) in [5, 5.41) is 3.42. The van der Waals surface area contributed by atoms with Crippen LogP contribution in [0.3, 0.4) is 0 Å². The molecule has 0 aliphatic rings. The van der Waals surface area contributed by atoms with Crippen LogP contribution in [-0.4, -0.2) is 18.8 Å². The van der Waals surface area contributed by atoms with Crippen LogP contribution < -0.4 is 14.8 Å². The van der Waals surface area contributed by atoms with Crippen LogP contribution in [0.4, 0.5) is 5.69 Å². The van der Waals surface area contributed by atoms with E-state index >= 15 is 0 Å². The zero-order valence-electron chi connectivity index (χ0n) is 12.8. The van der Waals surface area contributed by atoms with Crippen LogP contribution in [0.25, 0.3) is 0 Å². The number of aryl methyl sites for hydroxylation is 1. The first kappa shape index (κ1) is 14.3. The van der Waals surface area contributed by atoms with Gasteiger partial charge >= 0.3 is 0 Å². The van der Waals surface area contributed by atoms with E-state index < -0.39 is 0 Å². The van der Waals surface area contributed by atoms with Gasteiger partial charge in [0.1, 0.15) is 11.5 Å². The van der Waals surface area contributed by atoms with Crippen LogP contribution in [0.2, 0.25) is 0 Å². The second-order valence-electron chi connectivity index (χ2n) is 4.91. The Balaban J connectivity index is 2.16. The van der Waals surface area contributed by atoms with Crippen molar-refractivity contribution in [1.29, 1.82) is 0 Å². The summed E-state index contributed by atoms with van der Waals surface area (Å²) in [6.45, 7) is 5.03. The number of hydrogen-bond acceptors (Lipinski definition) is 3. The zero-order valence-corrected chi connectivity index (χ0v) is 12.8. The average Bonchev–Trinajstić information content (AvgIpc) is 2.71. The molecular formula is C16H22N2O2. The van der Waals surface area contributed by atoms with Gasteiger partial charge in [-0.1, -0.05) is 0 Å². The molecular weight excluding hydrogens is 252 g/mol. The molecule has 0 spiro atoms. The quantitative estimate of drug-likeness (QED) is 0.909. The summed E-state index contributed by atoms with van der Waals surface area (Å²) in [7, 11) is 5.40. The predicted molar refractivity (Wildman–Crippen MR) is 81.8 cm³/mol. The maximum atomic E-state index is 5.27. The SMILES string of the molecule is COc1cc(NCc2cc(C)n(C)c2C)cc(OC)c1. The maximum absolute atomic E-state index is 5.27. The molecule has 1 aromatic carbocycles. The Labute approximate surface area is 120 Å². The van der Waals surface area contributed by atoms with Crippen molar-refractivity contribution in [2.75, 3.05) is 19.5 Å². The molecule has 1 heterocycles. The van der Waals surface area contributed by atoms with E-state index in [2.05, 4.69) is 36.8 Å². The molecule has 0 bridgehead atoms. The van der Waals surface area contributed by atoms with E-state index in [1.807, 2.05) is 18.2 Å². The number of methoxy groups -OCH3 is 2. The molecule has 4 nitrogen and oxygen atoms in total. The number of hydrogen-bond donors (Lipinski definition) is 1. The van der Waals surface area contributed by atoms with Crippen molar-refractivity contribution in [1.82, 2.24) is 4.57 Å². The number of benzene rings is 1. The van der Waals surface area contributed by atoms with Gasteiger partial charge < -0.3 is 19.4 Å². The fourth-order valence-corrected chi connectivity index (χ4v) is 2.22. The molecule has 0 unspecified atom stereocenters. The second kappa shape index (κ2) is 5.90. The molecule has 0 amide bonds. The van der Waals surface area contributed by atoms with Crippen LogP contribution in [0, 0.1) is 13.8 Å². The fraction of sp³-hybridized carbons (Fsp3) is 0.375. The summed E-state index contributed by atoms with van der Waals surface area (Å²) in [4.78, 5) is 0. The van der Waals surface area contributed by atoms with Gasteiger partial charge in [0, 0.05) is 48.9 Å². The Morgan fingerprint density at radius 1 is 1.00 bits per heavy atom. The third-order valence-electron chi connectivity index (χ3n) is 3.71. The standard InChI is InChI=1S/C16H22N2O2/c1-11-6-13(12(2)18(11)3)10-17-14-7-15(19-4)9-16(8-14)20-5/h6-9,17H,10H2,1-5H3. The van der Waals surface area contributed by atoms with Crippen molar-refractivity contribution >= 4 is 5.69 Å². The van der Waals surface area contributed by atoms with E-state index in [9.17, 15) is 0 Å². The summed E-state index contributed by atoms with van der Waals surface area (Å²) in [5.74, 6) is 1.57. The summed E-state index contributed by atoms with van der Waals surface area (Å²) < 4.78 is 12.7. The van der Waals surface area contributed by atoms with Gasteiger partial charge in [0.2, 0.25) is 0 Å². The van der Waals surface area contributed by atoms with Crippen molar-refractivity contribution in [3.63, 3.8) is 0 Å². The normalized spacial score (nSPS) is 10.4. The lowest BCUT2D eigenvalue weighted by Crippen LogP contribution is -2.02. The number of ether oxygens (including phenoxy) is 2. The molecule has 0 fully saturated rings. The first-order chi connectivity index (χ1) is 9.55. The highest BCUT2D eigenvalue weighted by Gasteiger charge is 2.07. The summed E-state index contributed by atoms with van der Waals surface area (Å²) in [5.41, 5.74) is 4.83. The van der Waals surface area contributed by atoms with E-state index in [1.54, 1.807) is 14.2 Å². The lowest BCUT2D eigenvalue weighted by atomic mass is 10.2. The smallest absolute Gasteiger partial charge is 0.124 e. The Bertz CT molecular complexity index is 581. The van der Waals surface area contributed by atoms with Gasteiger partial charge in [-0.2, -0.15) is 0 Å². The Kier molecular flexibility index (Phi) is 4.23. The van der Waals surface area contributed by atoms with Crippen LogP contribution in [-0.2, 0) is 13.6 Å². The maximum Gasteiger partial charge on any atom is 0.124 e. The molecule has 0 atom stereocenters. The second-order valence-corrected chi connectivity index (χ2v) is 4.91. The molecule has 0 radical (unpaired) electrons. The molecule has 2 aromatic rings. The van der Waals surface area contributed by atoms with E-state index in [0.717, 1.165) is 23.7 Å². The average molecular weight is 274 g/mol. The van der Waals surface area contributed by atoms with Crippen LogP contribution in [0.1, 0.15) is 17.0 Å². The van der Waals surface area contributed by atoms with Gasteiger partial charge in [-0.15, -0.1) is 0 Å². The fourth-order valence-electron chi connectivity index (χ4n) is 2.22. The summed E-state index contributed by atoms with van der Waals surface area (Å²) in [6, 6.07) is 8.00. The van der Waals surface area contributed by atoms with Crippen molar-refractivity contribution in [2.24, 2.45) is 7.05 Å². The van der Waals surface area contributed by atoms with Crippen molar-refractivity contribution in [3.05, 3.63) is 41.2 Å². The highest BCUT2D eigenvalue weighted by atomic mass is 16.5. The van der Waals surface area contributed by atoms with E-state index in [1.165, 1.54) is 17.0 Å². The number of nitrogens with one attached hydrogen (secondary N) is 1. The van der Waals surface area contributed by atoms with Gasteiger partial charge in [0.25, 0.3) is 0 Å². The molecule has 20 heavy (non-hydrogen) atoms. The first-order valence-corrected chi connectivity index (χ1v) is 6.64. The minimum atomic E-state index is 0.782. The van der Waals surface area contributed by atoms with Crippen molar-refractivity contribution < 1.29 is 9.47 Å². The first-order valence-electron chi connectivity index (χ1n) is 6.64. The molecule has 0 aliphatic carbocycles. The van der Waals surface area contributed by atoms with Gasteiger partial charge in [-0.05, 0) is 25.5 Å². The Morgan fingerprint density at radius 3 is 2.05 bits per heavy atom. The van der Waals surface area contributed by atoms with Gasteiger partial charge in [0.15, 0.2) is 0 Å². The molecule has 0 saturated heterocycles. The minimum absolute atomic E-state index is 0.782. The molecule has 1 N–H and O–H groups in total. The minimum Gasteiger partial charge on any atom is -0.497 e. The van der Waals surface area contributed by atoms with Crippen LogP contribution >= 0.6 is 0 Å². The Hall–Kier alpha value is -2.10. The summed E-state index contributed by atoms with van der Waals surface area (Å²) >= 11 is 0. The van der Waals surface area contributed by atoms with Crippen LogP contribution in [0.5, 0.6) is 11.5 Å². The van der Waals surface area contributed by atoms with Crippen LogP contribution in [0.15, 0.2) is 24.3 Å².